The minimum Gasteiger partial charge on any atom is -0.399 e. The Kier molecular flexibility index (Phi) is 4.20. The van der Waals surface area contributed by atoms with E-state index in [2.05, 4.69) is 24.9 Å². The van der Waals surface area contributed by atoms with Crippen molar-refractivity contribution in [3.8, 4) is 0 Å². The molecule has 1 heterocycles. The molecule has 3 N–H and O–H groups in total. The molecule has 0 amide bonds. The third kappa shape index (κ3) is 3.23. The van der Waals surface area contributed by atoms with Gasteiger partial charge in [-0.1, -0.05) is 18.7 Å². The molecule has 0 radical (unpaired) electrons. The van der Waals surface area contributed by atoms with Gasteiger partial charge >= 0.3 is 0 Å². The van der Waals surface area contributed by atoms with Gasteiger partial charge in [0.25, 0.3) is 0 Å². The summed E-state index contributed by atoms with van der Waals surface area (Å²) in [6.07, 6.45) is 8.82. The molecular weight excluding hydrogens is 172 g/mol. The number of hydrogen-bond acceptors (Lipinski definition) is 2. The second-order valence-corrected chi connectivity index (χ2v) is 3.41. The zero-order chi connectivity index (χ0) is 10.4. The van der Waals surface area contributed by atoms with E-state index in [1.807, 2.05) is 12.2 Å². The summed E-state index contributed by atoms with van der Waals surface area (Å²) in [7, 11) is 0. The quantitative estimate of drug-likeness (QED) is 0.667. The van der Waals surface area contributed by atoms with Gasteiger partial charge in [-0.3, -0.25) is 0 Å². The molecule has 0 aromatic heterocycles. The Bertz CT molecular complexity index is 295. The molecule has 0 aliphatic carbocycles. The van der Waals surface area contributed by atoms with E-state index in [-0.39, 0.29) is 0 Å². The average molecular weight is 190 g/mol. The van der Waals surface area contributed by atoms with E-state index in [1.165, 1.54) is 11.1 Å². The molecule has 76 valence electrons. The maximum atomic E-state index is 5.76. The molecule has 0 saturated carbocycles. The summed E-state index contributed by atoms with van der Waals surface area (Å²) in [5, 5.41) is 3.28. The fraction of sp³-hybridized carbons (Fsp3) is 0.333. The van der Waals surface area contributed by atoms with E-state index in [4.69, 9.17) is 5.73 Å². The van der Waals surface area contributed by atoms with Crippen molar-refractivity contribution in [1.29, 1.82) is 0 Å². The van der Waals surface area contributed by atoms with Gasteiger partial charge in [0.05, 0.1) is 0 Å². The number of allylic oxidation sites excluding steroid dienone is 4. The molecule has 0 saturated heterocycles. The summed E-state index contributed by atoms with van der Waals surface area (Å²) in [4.78, 5) is 0. The highest BCUT2D eigenvalue weighted by Crippen LogP contribution is 2.15. The second kappa shape index (κ2) is 5.45. The van der Waals surface area contributed by atoms with Crippen LogP contribution in [0.2, 0.25) is 0 Å². The van der Waals surface area contributed by atoms with Crippen molar-refractivity contribution in [3.63, 3.8) is 0 Å². The first-order valence-corrected chi connectivity index (χ1v) is 4.90. The zero-order valence-electron chi connectivity index (χ0n) is 8.72. The van der Waals surface area contributed by atoms with E-state index in [1.54, 1.807) is 6.08 Å². The van der Waals surface area contributed by atoms with Gasteiger partial charge in [0.1, 0.15) is 0 Å². The standard InChI is InChI=1S/C12H18N2/c1-3-4-12(13)9-10(2)11-5-7-14-8-6-11/h3-5,9,14H,1,6-8,13H2,2H3/b10-9+,12-4+. The summed E-state index contributed by atoms with van der Waals surface area (Å²) < 4.78 is 0. The molecule has 0 fully saturated rings. The maximum absolute atomic E-state index is 5.76. The number of rotatable bonds is 3. The molecule has 1 aliphatic rings. The van der Waals surface area contributed by atoms with Gasteiger partial charge in [0.15, 0.2) is 0 Å². The Morgan fingerprint density at radius 2 is 2.43 bits per heavy atom. The van der Waals surface area contributed by atoms with Crippen LogP contribution >= 0.6 is 0 Å². The molecule has 0 unspecified atom stereocenters. The van der Waals surface area contributed by atoms with Crippen LogP contribution in [-0.2, 0) is 0 Å². The van der Waals surface area contributed by atoms with Crippen LogP contribution in [0, 0.1) is 0 Å². The van der Waals surface area contributed by atoms with Crippen molar-refractivity contribution >= 4 is 0 Å². The Morgan fingerprint density at radius 3 is 3.00 bits per heavy atom. The highest BCUT2D eigenvalue weighted by molar-refractivity contribution is 5.36. The Hall–Kier alpha value is -1.28. The molecule has 2 heteroatoms. The van der Waals surface area contributed by atoms with Gasteiger partial charge in [-0.25, -0.2) is 0 Å². The van der Waals surface area contributed by atoms with Crippen LogP contribution in [0.3, 0.4) is 0 Å². The highest BCUT2D eigenvalue weighted by atomic mass is 14.8. The second-order valence-electron chi connectivity index (χ2n) is 3.41. The smallest absolute Gasteiger partial charge is 0.0316 e. The Morgan fingerprint density at radius 1 is 1.64 bits per heavy atom. The monoisotopic (exact) mass is 190 g/mol. The predicted octanol–water partition coefficient (Wildman–Crippen LogP) is 1.88. The number of nitrogens with two attached hydrogens (primary N) is 1. The first-order valence-electron chi connectivity index (χ1n) is 4.90. The molecule has 0 aromatic rings. The molecule has 0 spiro atoms. The van der Waals surface area contributed by atoms with Crippen LogP contribution in [0.5, 0.6) is 0 Å². The van der Waals surface area contributed by atoms with Gasteiger partial charge in [0, 0.05) is 12.2 Å². The molecule has 0 bridgehead atoms. The minimum atomic E-state index is 0.761. The summed E-state index contributed by atoms with van der Waals surface area (Å²) in [5.74, 6) is 0. The van der Waals surface area contributed by atoms with Crippen molar-refractivity contribution < 1.29 is 0 Å². The first-order chi connectivity index (χ1) is 6.74. The largest absolute Gasteiger partial charge is 0.399 e. The van der Waals surface area contributed by atoms with Gasteiger partial charge in [0.2, 0.25) is 0 Å². The summed E-state index contributed by atoms with van der Waals surface area (Å²) in [6.45, 7) is 7.73. The summed E-state index contributed by atoms with van der Waals surface area (Å²) >= 11 is 0. The zero-order valence-corrected chi connectivity index (χ0v) is 8.72. The van der Waals surface area contributed by atoms with E-state index in [0.717, 1.165) is 25.2 Å². The van der Waals surface area contributed by atoms with Crippen LogP contribution < -0.4 is 11.1 Å². The van der Waals surface area contributed by atoms with E-state index < -0.39 is 0 Å². The third-order valence-corrected chi connectivity index (χ3v) is 2.26. The Labute approximate surface area is 85.9 Å². The lowest BCUT2D eigenvalue weighted by Gasteiger charge is -2.14. The predicted molar refractivity (Wildman–Crippen MR) is 61.8 cm³/mol. The molecule has 14 heavy (non-hydrogen) atoms. The molecule has 1 aliphatic heterocycles. The van der Waals surface area contributed by atoms with Crippen LogP contribution in [-0.4, -0.2) is 13.1 Å². The van der Waals surface area contributed by atoms with Gasteiger partial charge in [-0.05, 0) is 43.2 Å². The SMILES string of the molecule is C=C/C=C(N)\C=C(/C)C1=CCNCC1. The molecule has 0 atom stereocenters. The normalized spacial score (nSPS) is 19.1. The van der Waals surface area contributed by atoms with Crippen LogP contribution in [0.25, 0.3) is 0 Å². The number of hydrogen-bond donors (Lipinski definition) is 2. The van der Waals surface area contributed by atoms with Gasteiger partial charge < -0.3 is 11.1 Å². The van der Waals surface area contributed by atoms with Gasteiger partial charge in [-0.2, -0.15) is 0 Å². The maximum Gasteiger partial charge on any atom is 0.0316 e. The lowest BCUT2D eigenvalue weighted by atomic mass is 10.0. The highest BCUT2D eigenvalue weighted by Gasteiger charge is 2.03. The van der Waals surface area contributed by atoms with Crippen molar-refractivity contribution in [3.05, 3.63) is 47.7 Å². The summed E-state index contributed by atoms with van der Waals surface area (Å²) in [6, 6.07) is 0. The van der Waals surface area contributed by atoms with Crippen molar-refractivity contribution in [1.82, 2.24) is 5.32 Å². The topological polar surface area (TPSA) is 38.0 Å². The van der Waals surface area contributed by atoms with Crippen LogP contribution in [0.4, 0.5) is 0 Å². The number of nitrogens with one attached hydrogen (secondary N) is 1. The summed E-state index contributed by atoms with van der Waals surface area (Å²) in [5.41, 5.74) is 9.17. The van der Waals surface area contributed by atoms with Crippen LogP contribution in [0.1, 0.15) is 13.3 Å². The fourth-order valence-electron chi connectivity index (χ4n) is 1.51. The average Bonchev–Trinajstić information content (AvgIpc) is 2.19. The Balaban J connectivity index is 2.72. The first kappa shape index (κ1) is 10.8. The van der Waals surface area contributed by atoms with Crippen molar-refractivity contribution in [2.24, 2.45) is 5.73 Å². The van der Waals surface area contributed by atoms with E-state index in [0.29, 0.717) is 0 Å². The molecule has 2 nitrogen and oxygen atoms in total. The van der Waals surface area contributed by atoms with Gasteiger partial charge in [-0.15, -0.1) is 0 Å². The van der Waals surface area contributed by atoms with E-state index >= 15 is 0 Å². The van der Waals surface area contributed by atoms with Crippen molar-refractivity contribution in [2.75, 3.05) is 13.1 Å². The lowest BCUT2D eigenvalue weighted by molar-refractivity contribution is 0.707. The fourth-order valence-corrected chi connectivity index (χ4v) is 1.51. The van der Waals surface area contributed by atoms with Crippen molar-refractivity contribution in [2.45, 2.75) is 13.3 Å². The molecule has 0 aromatic carbocycles. The lowest BCUT2D eigenvalue weighted by Crippen LogP contribution is -2.20. The molecule has 1 rings (SSSR count). The minimum absolute atomic E-state index is 0.761. The third-order valence-electron chi connectivity index (χ3n) is 2.26. The molecular formula is C12H18N2. The van der Waals surface area contributed by atoms with E-state index in [9.17, 15) is 0 Å². The van der Waals surface area contributed by atoms with Crippen LogP contribution in [0.15, 0.2) is 47.7 Å².